The molecule has 4 aromatic rings. The van der Waals surface area contributed by atoms with Crippen molar-refractivity contribution in [3.05, 3.63) is 94.2 Å². The van der Waals surface area contributed by atoms with Gasteiger partial charge in [0.05, 0.1) is 41.5 Å². The summed E-state index contributed by atoms with van der Waals surface area (Å²) in [4.78, 5) is 23.7. The van der Waals surface area contributed by atoms with E-state index in [1.807, 2.05) is 12.1 Å². The minimum absolute atomic E-state index is 0.0774. The van der Waals surface area contributed by atoms with Crippen LogP contribution < -0.4 is 4.74 Å². The van der Waals surface area contributed by atoms with Gasteiger partial charge in [0, 0.05) is 36.3 Å². The van der Waals surface area contributed by atoms with Crippen molar-refractivity contribution in [3.8, 4) is 5.88 Å². The van der Waals surface area contributed by atoms with Crippen LogP contribution in [0.2, 0.25) is 5.02 Å². The molecule has 3 aliphatic rings. The lowest BCUT2D eigenvalue weighted by atomic mass is 9.99. The van der Waals surface area contributed by atoms with Gasteiger partial charge in [-0.15, -0.1) is 0 Å². The first kappa shape index (κ1) is 27.1. The van der Waals surface area contributed by atoms with E-state index in [0.717, 1.165) is 55.1 Å². The third-order valence-corrected chi connectivity index (χ3v) is 8.76. The number of allylic oxidation sites excluding steroid dienone is 1. The van der Waals surface area contributed by atoms with Gasteiger partial charge >= 0.3 is 5.97 Å². The number of aromatic carboxylic acids is 1. The fourth-order valence-corrected chi connectivity index (χ4v) is 6.41. The number of carboxylic acids is 1. The maximum Gasteiger partial charge on any atom is 0.335 e. The Bertz CT molecular complexity index is 1700. The number of benzene rings is 2. The average Bonchev–Trinajstić information content (AvgIpc) is 3.61. The lowest BCUT2D eigenvalue weighted by molar-refractivity contribution is -0.0591. The number of halogens is 2. The Kier molecular flexibility index (Phi) is 7.17. The van der Waals surface area contributed by atoms with E-state index in [0.29, 0.717) is 41.4 Å². The van der Waals surface area contributed by atoms with Gasteiger partial charge in [-0.3, -0.25) is 4.90 Å². The van der Waals surface area contributed by atoms with Gasteiger partial charge in [-0.1, -0.05) is 29.8 Å². The first-order chi connectivity index (χ1) is 20.4. The first-order valence-corrected chi connectivity index (χ1v) is 14.6. The molecule has 42 heavy (non-hydrogen) atoms. The third kappa shape index (κ3) is 5.40. The molecule has 2 unspecified atom stereocenters. The normalized spacial score (nSPS) is 21.8. The predicted molar refractivity (Wildman–Crippen MR) is 156 cm³/mol. The summed E-state index contributed by atoms with van der Waals surface area (Å²) >= 11 is 5.85. The summed E-state index contributed by atoms with van der Waals surface area (Å²) in [7, 11) is 0. The molecule has 1 aliphatic carbocycles. The summed E-state index contributed by atoms with van der Waals surface area (Å²) in [6.45, 7) is 4.08. The zero-order valence-corrected chi connectivity index (χ0v) is 23.6. The predicted octanol–water partition coefficient (Wildman–Crippen LogP) is 5.83. The second-order valence-electron chi connectivity index (χ2n) is 11.3. The number of likely N-dealkylation sites (tertiary alicyclic amines) is 1. The van der Waals surface area contributed by atoms with Crippen LogP contribution in [0.1, 0.15) is 40.3 Å². The molecular formula is C32H30ClFN4O4. The van der Waals surface area contributed by atoms with E-state index in [2.05, 4.69) is 15.5 Å². The van der Waals surface area contributed by atoms with E-state index in [9.17, 15) is 14.3 Å². The third-order valence-electron chi connectivity index (χ3n) is 8.53. The molecule has 8 nitrogen and oxygen atoms in total. The molecule has 4 heterocycles. The van der Waals surface area contributed by atoms with Crippen LogP contribution in [0.25, 0.3) is 16.6 Å². The van der Waals surface area contributed by atoms with E-state index < -0.39 is 11.8 Å². The number of hydrogen-bond donors (Lipinski definition) is 1. The Labute approximate surface area is 247 Å². The molecule has 0 amide bonds. The largest absolute Gasteiger partial charge is 0.478 e. The Balaban J connectivity index is 1.04. The number of aromatic nitrogens is 3. The summed E-state index contributed by atoms with van der Waals surface area (Å²) in [5.74, 6) is 0.967. The van der Waals surface area contributed by atoms with Crippen LogP contribution in [0, 0.1) is 17.7 Å². The number of ether oxygens (including phenoxy) is 2. The zero-order chi connectivity index (χ0) is 28.8. The van der Waals surface area contributed by atoms with Gasteiger partial charge in [0.2, 0.25) is 5.88 Å². The molecule has 0 saturated carbocycles. The topological polar surface area (TPSA) is 89.7 Å². The molecule has 2 saturated heterocycles. The number of hydrogen-bond acceptors (Lipinski definition) is 6. The molecule has 0 bridgehead atoms. The fourth-order valence-electron chi connectivity index (χ4n) is 6.25. The summed E-state index contributed by atoms with van der Waals surface area (Å²) in [6, 6.07) is 15.4. The number of carbonyl (C=O) groups is 1. The van der Waals surface area contributed by atoms with Crippen LogP contribution >= 0.6 is 11.6 Å². The van der Waals surface area contributed by atoms with Crippen molar-refractivity contribution in [2.24, 2.45) is 11.8 Å². The van der Waals surface area contributed by atoms with Gasteiger partial charge in [0.25, 0.3) is 0 Å². The van der Waals surface area contributed by atoms with Gasteiger partial charge in [-0.25, -0.2) is 19.2 Å². The molecule has 1 N–H and O–H groups in total. The van der Waals surface area contributed by atoms with Crippen LogP contribution in [0.5, 0.6) is 5.88 Å². The summed E-state index contributed by atoms with van der Waals surface area (Å²) in [5, 5.41) is 9.87. The highest BCUT2D eigenvalue weighted by molar-refractivity contribution is 6.30. The van der Waals surface area contributed by atoms with Crippen LogP contribution in [0.3, 0.4) is 0 Å². The quantitative estimate of drug-likeness (QED) is 0.263. The van der Waals surface area contributed by atoms with Gasteiger partial charge in [-0.2, -0.15) is 0 Å². The van der Waals surface area contributed by atoms with Crippen molar-refractivity contribution < 1.29 is 23.8 Å². The molecular weight excluding hydrogens is 559 g/mol. The number of nitrogens with zero attached hydrogens (tertiary/aromatic N) is 4. The van der Waals surface area contributed by atoms with Gasteiger partial charge < -0.3 is 19.1 Å². The van der Waals surface area contributed by atoms with Crippen molar-refractivity contribution in [2.45, 2.75) is 38.6 Å². The second-order valence-corrected chi connectivity index (χ2v) is 11.8. The molecule has 2 aliphatic heterocycles. The SMILES string of the molecule is O=C(O)c1ccc2nc(CN3CC4C=C(c5cccc(OCc6ccc(Cl)cc6F)n5)CC4C3)n(C[C@@H]3CCO3)c2c1. The van der Waals surface area contributed by atoms with Crippen molar-refractivity contribution in [1.29, 1.82) is 0 Å². The zero-order valence-electron chi connectivity index (χ0n) is 22.9. The molecule has 2 fully saturated rings. The Morgan fingerprint density at radius 3 is 2.79 bits per heavy atom. The lowest BCUT2D eigenvalue weighted by Crippen LogP contribution is -2.32. The Morgan fingerprint density at radius 1 is 1.14 bits per heavy atom. The van der Waals surface area contributed by atoms with Gasteiger partial charge in [-0.05, 0) is 66.6 Å². The van der Waals surface area contributed by atoms with E-state index in [1.54, 1.807) is 36.4 Å². The number of rotatable bonds is 9. The molecule has 0 spiro atoms. The van der Waals surface area contributed by atoms with E-state index in [4.69, 9.17) is 31.0 Å². The molecule has 10 heteroatoms. The maximum atomic E-state index is 14.1. The van der Waals surface area contributed by atoms with Crippen LogP contribution in [0.4, 0.5) is 4.39 Å². The van der Waals surface area contributed by atoms with Gasteiger partial charge in [0.1, 0.15) is 18.2 Å². The highest BCUT2D eigenvalue weighted by Crippen LogP contribution is 2.41. The monoisotopic (exact) mass is 588 g/mol. The van der Waals surface area contributed by atoms with Crippen LogP contribution in [0.15, 0.2) is 60.7 Å². The molecule has 7 rings (SSSR count). The van der Waals surface area contributed by atoms with E-state index in [-0.39, 0.29) is 18.3 Å². The average molecular weight is 589 g/mol. The van der Waals surface area contributed by atoms with Crippen LogP contribution in [-0.4, -0.2) is 56.3 Å². The molecule has 2 aromatic heterocycles. The Hall–Kier alpha value is -3.79. The van der Waals surface area contributed by atoms with Gasteiger partial charge in [0.15, 0.2) is 0 Å². The summed E-state index contributed by atoms with van der Waals surface area (Å²) < 4.78 is 27.8. The Morgan fingerprint density at radius 2 is 2.02 bits per heavy atom. The minimum Gasteiger partial charge on any atom is -0.478 e. The maximum absolute atomic E-state index is 14.1. The highest BCUT2D eigenvalue weighted by Gasteiger charge is 2.37. The molecule has 3 atom stereocenters. The number of fused-ring (bicyclic) bond motifs is 2. The molecule has 0 radical (unpaired) electrons. The fraction of sp³-hybridized carbons (Fsp3) is 0.344. The van der Waals surface area contributed by atoms with Crippen molar-refractivity contribution >= 4 is 34.2 Å². The van der Waals surface area contributed by atoms with Crippen molar-refractivity contribution in [3.63, 3.8) is 0 Å². The standard InChI is InChI=1S/C32H30ClFN4O4/c33-24-6-4-20(26(34)13-24)18-42-31-3-1-2-27(36-31)21-10-22-14-37(15-23(22)11-21)17-30-35-28-7-5-19(32(39)40)12-29(28)38(30)16-25-8-9-41-25/h1-7,10,12-13,22-23,25H,8-9,11,14-18H2,(H,39,40)/t22?,23?,25-/m0/s1. The van der Waals surface area contributed by atoms with Crippen LogP contribution in [-0.2, 0) is 24.4 Å². The summed E-state index contributed by atoms with van der Waals surface area (Å²) in [5.41, 5.74) is 4.44. The second kappa shape index (κ2) is 11.1. The van der Waals surface area contributed by atoms with E-state index >= 15 is 0 Å². The number of carboxylic acid groups (broad SMARTS) is 1. The summed E-state index contributed by atoms with van der Waals surface area (Å²) in [6.07, 6.45) is 4.39. The van der Waals surface area contributed by atoms with Crippen molar-refractivity contribution in [2.75, 3.05) is 19.7 Å². The molecule has 2 aromatic carbocycles. The van der Waals surface area contributed by atoms with Crippen molar-refractivity contribution in [1.82, 2.24) is 19.4 Å². The van der Waals surface area contributed by atoms with E-state index in [1.165, 1.54) is 11.6 Å². The first-order valence-electron chi connectivity index (χ1n) is 14.2. The lowest BCUT2D eigenvalue weighted by Gasteiger charge is -2.28. The minimum atomic E-state index is -0.942. The molecule has 216 valence electrons. The highest BCUT2D eigenvalue weighted by atomic mass is 35.5. The number of pyridine rings is 1. The smallest absolute Gasteiger partial charge is 0.335 e. The number of imidazole rings is 1.